The van der Waals surface area contributed by atoms with Gasteiger partial charge in [0.25, 0.3) is 0 Å². The second-order valence-electron chi connectivity index (χ2n) is 5.67. The summed E-state index contributed by atoms with van der Waals surface area (Å²) < 4.78 is 43.3. The summed E-state index contributed by atoms with van der Waals surface area (Å²) in [6.45, 7) is 6.37. The van der Waals surface area contributed by atoms with Gasteiger partial charge in [-0.15, -0.1) is 0 Å². The molecule has 0 fully saturated rings. The molecule has 3 unspecified atom stereocenters. The van der Waals surface area contributed by atoms with Gasteiger partial charge in [-0.1, -0.05) is 13.8 Å². The third-order valence-corrected chi connectivity index (χ3v) is 4.77. The zero-order valence-corrected chi connectivity index (χ0v) is 16.6. The molecule has 0 heterocycles. The van der Waals surface area contributed by atoms with Gasteiger partial charge in [-0.25, -0.2) is 16.8 Å². The minimum atomic E-state index is -3.17. The third kappa shape index (κ3) is 16.6. The average Bonchev–Trinajstić information content (AvgIpc) is 2.35. The fraction of sp³-hybridized carbons (Fsp3) is 1.00. The van der Waals surface area contributed by atoms with Crippen LogP contribution in [0.3, 0.4) is 0 Å². The molecular weight excluding hydrogens is 360 g/mol. The first-order valence-electron chi connectivity index (χ1n) is 7.59. The zero-order valence-electron chi connectivity index (χ0n) is 14.9. The number of sulfone groups is 2. The molecule has 0 rings (SSSR count). The summed E-state index contributed by atoms with van der Waals surface area (Å²) in [6, 6.07) is -1.16. The summed E-state index contributed by atoms with van der Waals surface area (Å²) >= 11 is 0. The predicted molar refractivity (Wildman–Crippen MR) is 94.3 cm³/mol. The fourth-order valence-corrected chi connectivity index (χ4v) is 3.79. The van der Waals surface area contributed by atoms with Gasteiger partial charge in [0.1, 0.15) is 19.7 Å². The van der Waals surface area contributed by atoms with Gasteiger partial charge in [-0.2, -0.15) is 0 Å². The first-order chi connectivity index (χ1) is 10.7. The van der Waals surface area contributed by atoms with E-state index in [0.29, 0.717) is 13.1 Å². The minimum absolute atomic E-state index is 0.0154. The van der Waals surface area contributed by atoms with E-state index in [2.05, 4.69) is 10.6 Å². The molecular formula is C13H32N2O7S2. The molecule has 0 radical (unpaired) electrons. The van der Waals surface area contributed by atoms with E-state index in [1.165, 1.54) is 6.26 Å². The van der Waals surface area contributed by atoms with Crippen molar-refractivity contribution in [1.82, 2.24) is 10.6 Å². The van der Waals surface area contributed by atoms with Gasteiger partial charge in [0.05, 0.1) is 23.7 Å². The highest BCUT2D eigenvalue weighted by molar-refractivity contribution is 7.90. The first kappa shape index (κ1) is 25.9. The predicted octanol–water partition coefficient (Wildman–Crippen LogP) is -2.29. The Bertz CT molecular complexity index is 470. The maximum Gasteiger partial charge on any atom is 0.168 e. The molecule has 0 amide bonds. The van der Waals surface area contributed by atoms with E-state index < -0.39 is 38.1 Å². The van der Waals surface area contributed by atoms with Crippen LogP contribution >= 0.6 is 0 Å². The van der Waals surface area contributed by atoms with E-state index in [0.717, 1.165) is 6.26 Å². The Balaban J connectivity index is 0. The largest absolute Gasteiger partial charge is 0.392 e. The minimum Gasteiger partial charge on any atom is -0.392 e. The third-order valence-electron chi connectivity index (χ3n) is 2.84. The molecule has 0 saturated heterocycles. The number of aliphatic hydroxyl groups is 3. The van der Waals surface area contributed by atoms with Gasteiger partial charge >= 0.3 is 0 Å². The van der Waals surface area contributed by atoms with Crippen molar-refractivity contribution in [2.24, 2.45) is 0 Å². The summed E-state index contributed by atoms with van der Waals surface area (Å²) in [6.07, 6.45) is -0.0567. The molecule has 5 N–H and O–H groups in total. The Hall–Kier alpha value is -0.300. The lowest BCUT2D eigenvalue weighted by Crippen LogP contribution is -2.44. The molecule has 11 heteroatoms. The van der Waals surface area contributed by atoms with E-state index in [-0.39, 0.29) is 17.5 Å². The van der Waals surface area contributed by atoms with Crippen molar-refractivity contribution in [3.8, 4) is 0 Å². The van der Waals surface area contributed by atoms with Crippen LogP contribution in [0.5, 0.6) is 0 Å². The van der Waals surface area contributed by atoms with Crippen molar-refractivity contribution in [3.63, 3.8) is 0 Å². The van der Waals surface area contributed by atoms with Crippen molar-refractivity contribution >= 4 is 19.7 Å². The molecule has 0 aromatic heterocycles. The molecule has 24 heavy (non-hydrogen) atoms. The average molecular weight is 393 g/mol. The summed E-state index contributed by atoms with van der Waals surface area (Å²) in [5.41, 5.74) is 0. The van der Waals surface area contributed by atoms with E-state index in [1.807, 2.05) is 6.92 Å². The highest BCUT2D eigenvalue weighted by Gasteiger charge is 2.20. The molecule has 0 spiro atoms. The Labute approximate surface area is 145 Å². The highest BCUT2D eigenvalue weighted by atomic mass is 32.2. The van der Waals surface area contributed by atoms with Crippen molar-refractivity contribution in [2.75, 3.05) is 37.1 Å². The maximum absolute atomic E-state index is 10.9. The molecule has 9 nitrogen and oxygen atoms in total. The molecule has 148 valence electrons. The van der Waals surface area contributed by atoms with Gasteiger partial charge < -0.3 is 26.0 Å². The van der Waals surface area contributed by atoms with Crippen LogP contribution in [-0.2, 0) is 19.7 Å². The lowest BCUT2D eigenvalue weighted by Gasteiger charge is -2.19. The van der Waals surface area contributed by atoms with Gasteiger partial charge in [0.15, 0.2) is 6.29 Å². The number of nitrogens with one attached hydrogen (secondary N) is 2. The Morgan fingerprint density at radius 1 is 0.792 bits per heavy atom. The van der Waals surface area contributed by atoms with Crippen LogP contribution < -0.4 is 10.6 Å². The van der Waals surface area contributed by atoms with Gasteiger partial charge in [-0.3, -0.25) is 0 Å². The smallest absolute Gasteiger partial charge is 0.168 e. The van der Waals surface area contributed by atoms with Crippen LogP contribution in [0, 0.1) is 0 Å². The monoisotopic (exact) mass is 392 g/mol. The van der Waals surface area contributed by atoms with Crippen LogP contribution in [0.4, 0.5) is 0 Å². The number of likely N-dealkylation sites (N-methyl/N-ethyl adjacent to an activating group) is 2. The lowest BCUT2D eigenvalue weighted by molar-refractivity contribution is -0.0612. The number of aliphatic hydroxyl groups excluding tert-OH is 2. The number of hydrogen-bond acceptors (Lipinski definition) is 9. The number of rotatable bonds is 10. The molecule has 0 aliphatic heterocycles. The Morgan fingerprint density at radius 2 is 1.12 bits per heavy atom. The van der Waals surface area contributed by atoms with E-state index in [4.69, 9.17) is 10.2 Å². The number of hydrogen-bond donors (Lipinski definition) is 5. The summed E-state index contributed by atoms with van der Waals surface area (Å²) in [5, 5.41) is 32.2. The maximum atomic E-state index is 10.9. The van der Waals surface area contributed by atoms with E-state index in [9.17, 15) is 21.9 Å². The first-order valence-corrected chi connectivity index (χ1v) is 11.7. The van der Waals surface area contributed by atoms with Crippen molar-refractivity contribution in [1.29, 1.82) is 0 Å². The topological polar surface area (TPSA) is 153 Å². The zero-order chi connectivity index (χ0) is 19.6. The molecule has 0 aromatic carbocycles. The molecule has 0 bridgehead atoms. The van der Waals surface area contributed by atoms with Gasteiger partial charge in [0, 0.05) is 18.6 Å². The van der Waals surface area contributed by atoms with E-state index in [1.54, 1.807) is 13.8 Å². The van der Waals surface area contributed by atoms with Crippen LogP contribution in [0.2, 0.25) is 0 Å². The second kappa shape index (κ2) is 12.1. The van der Waals surface area contributed by atoms with Crippen molar-refractivity contribution in [2.45, 2.75) is 45.2 Å². The molecule has 0 saturated carbocycles. The van der Waals surface area contributed by atoms with Crippen LogP contribution in [0.25, 0.3) is 0 Å². The fourth-order valence-electron chi connectivity index (χ4n) is 1.80. The summed E-state index contributed by atoms with van der Waals surface area (Å²) in [4.78, 5) is 0. The highest BCUT2D eigenvalue weighted by Crippen LogP contribution is 1.97. The normalized spacial score (nSPS) is 16.2. The molecule has 0 aromatic rings. The molecule has 3 atom stereocenters. The summed E-state index contributed by atoms with van der Waals surface area (Å²) in [5.74, 6) is -0.281. The van der Waals surface area contributed by atoms with Crippen LogP contribution in [0.15, 0.2) is 0 Å². The van der Waals surface area contributed by atoms with Crippen LogP contribution in [-0.4, -0.2) is 93.7 Å². The van der Waals surface area contributed by atoms with Crippen LogP contribution in [0.1, 0.15) is 20.8 Å². The second-order valence-corrected chi connectivity index (χ2v) is 10.0. The SMILES string of the molecule is CCNC(CS(C)(=O)=O)C(C)O.CCNC(CS(C)(=O)=O)C(O)O. The summed E-state index contributed by atoms with van der Waals surface area (Å²) in [7, 11) is -6.19. The standard InChI is InChI=1S/C7H17NO3S.C6H15NO4S/c1-4-8-7(6(2)9)5-12(3,10)11;1-3-7-5(6(8)9)4-12(2,10)11/h6-9H,4-5H2,1-3H3;5-9H,3-4H2,1-2H3. The van der Waals surface area contributed by atoms with Gasteiger partial charge in [0.2, 0.25) is 0 Å². The lowest BCUT2D eigenvalue weighted by atomic mass is 10.2. The van der Waals surface area contributed by atoms with E-state index >= 15 is 0 Å². The van der Waals surface area contributed by atoms with Crippen molar-refractivity contribution < 1.29 is 32.2 Å². The van der Waals surface area contributed by atoms with Gasteiger partial charge in [-0.05, 0) is 20.0 Å². The molecule has 0 aliphatic rings. The Morgan fingerprint density at radius 3 is 1.38 bits per heavy atom. The quantitative estimate of drug-likeness (QED) is 0.259. The van der Waals surface area contributed by atoms with Crippen molar-refractivity contribution in [3.05, 3.63) is 0 Å². The Kier molecular flexibility index (Phi) is 13.1. The molecule has 0 aliphatic carbocycles.